The molecule has 0 saturated carbocycles. The zero-order chi connectivity index (χ0) is 13.7. The Morgan fingerprint density at radius 2 is 1.95 bits per heavy atom. The van der Waals surface area contributed by atoms with Gasteiger partial charge in [0.15, 0.2) is 0 Å². The van der Waals surface area contributed by atoms with Crippen LogP contribution in [-0.4, -0.2) is 38.8 Å². The van der Waals surface area contributed by atoms with Crippen LogP contribution in [0.4, 0.5) is 5.69 Å². The van der Waals surface area contributed by atoms with Crippen LogP contribution >= 0.6 is 0 Å². The number of carbonyl (C=O) groups excluding carboxylic acids is 1. The third-order valence-corrected chi connectivity index (χ3v) is 3.71. The lowest BCUT2D eigenvalue weighted by Gasteiger charge is -2.35. The van der Waals surface area contributed by atoms with E-state index in [1.54, 1.807) is 0 Å². The maximum atomic E-state index is 11.4. The van der Waals surface area contributed by atoms with E-state index in [0.29, 0.717) is 11.6 Å². The third-order valence-electron chi connectivity index (χ3n) is 3.71. The zero-order valence-corrected chi connectivity index (χ0v) is 11.7. The van der Waals surface area contributed by atoms with Crippen molar-refractivity contribution >= 4 is 11.7 Å². The minimum absolute atomic E-state index is 0.281. The first-order chi connectivity index (χ1) is 9.26. The van der Waals surface area contributed by atoms with Crippen molar-refractivity contribution in [3.63, 3.8) is 0 Å². The van der Waals surface area contributed by atoms with Crippen molar-refractivity contribution in [3.05, 3.63) is 29.8 Å². The largest absolute Gasteiger partial charge is 0.465 e. The summed E-state index contributed by atoms with van der Waals surface area (Å²) in [7, 11) is 1.41. The van der Waals surface area contributed by atoms with E-state index in [0.717, 1.165) is 19.6 Å². The van der Waals surface area contributed by atoms with E-state index in [1.165, 1.54) is 25.6 Å². The number of ether oxygens (including phenoxy) is 1. The Balaban J connectivity index is 2.12. The predicted octanol–water partition coefficient (Wildman–Crippen LogP) is 2.05. The molecule has 1 aromatic rings. The highest BCUT2D eigenvalue weighted by Crippen LogP contribution is 2.22. The Morgan fingerprint density at radius 1 is 1.32 bits per heavy atom. The van der Waals surface area contributed by atoms with Gasteiger partial charge in [0.1, 0.15) is 0 Å². The molecular formula is C15H22N2O2. The number of nitrogens with one attached hydrogen (secondary N) is 1. The summed E-state index contributed by atoms with van der Waals surface area (Å²) in [4.78, 5) is 13.8. The number of piperidine rings is 1. The molecule has 4 nitrogen and oxygen atoms in total. The summed E-state index contributed by atoms with van der Waals surface area (Å²) >= 11 is 0. The summed E-state index contributed by atoms with van der Waals surface area (Å²) in [6.45, 7) is 5.33. The van der Waals surface area contributed by atoms with Gasteiger partial charge in [0.25, 0.3) is 0 Å². The molecular weight excluding hydrogens is 240 g/mol. The highest BCUT2D eigenvalue weighted by Gasteiger charge is 2.20. The summed E-state index contributed by atoms with van der Waals surface area (Å²) in [5.41, 5.74) is 1.79. The molecule has 1 aliphatic rings. The van der Waals surface area contributed by atoms with Gasteiger partial charge in [-0.3, -0.25) is 0 Å². The highest BCUT2D eigenvalue weighted by molar-refractivity contribution is 5.89. The number of esters is 1. The minimum atomic E-state index is -0.281. The van der Waals surface area contributed by atoms with Gasteiger partial charge < -0.3 is 15.0 Å². The van der Waals surface area contributed by atoms with Crippen LogP contribution < -0.4 is 10.2 Å². The molecule has 1 aromatic carbocycles. The standard InChI is InChI=1S/C15H22N2O2/c1-3-17(14-8-10-16-11-9-14)13-6-4-12(5-7-13)15(18)19-2/h4-7,14,16H,3,8-11H2,1-2H3. The average Bonchev–Trinajstić information content (AvgIpc) is 2.49. The topological polar surface area (TPSA) is 41.6 Å². The second-order valence-electron chi connectivity index (χ2n) is 4.81. The van der Waals surface area contributed by atoms with E-state index in [9.17, 15) is 4.79 Å². The molecule has 0 spiro atoms. The Morgan fingerprint density at radius 3 is 2.47 bits per heavy atom. The molecule has 0 unspecified atom stereocenters. The fourth-order valence-electron chi connectivity index (χ4n) is 2.68. The number of methoxy groups -OCH3 is 1. The Bertz CT molecular complexity index is 411. The lowest BCUT2D eigenvalue weighted by molar-refractivity contribution is 0.0601. The fraction of sp³-hybridized carbons (Fsp3) is 0.533. The van der Waals surface area contributed by atoms with E-state index in [-0.39, 0.29) is 5.97 Å². The number of rotatable bonds is 4. The molecule has 1 saturated heterocycles. The summed E-state index contributed by atoms with van der Waals surface area (Å²) in [6.07, 6.45) is 2.35. The van der Waals surface area contributed by atoms with E-state index in [2.05, 4.69) is 17.1 Å². The fourth-order valence-corrected chi connectivity index (χ4v) is 2.68. The van der Waals surface area contributed by atoms with E-state index in [4.69, 9.17) is 4.74 Å². The van der Waals surface area contributed by atoms with Crippen LogP contribution in [0.15, 0.2) is 24.3 Å². The molecule has 0 aromatic heterocycles. The summed E-state index contributed by atoms with van der Waals surface area (Å²) < 4.78 is 4.72. The monoisotopic (exact) mass is 262 g/mol. The van der Waals surface area contributed by atoms with Crippen molar-refractivity contribution in [2.45, 2.75) is 25.8 Å². The van der Waals surface area contributed by atoms with Crippen molar-refractivity contribution < 1.29 is 9.53 Å². The summed E-state index contributed by atoms with van der Waals surface area (Å²) in [5.74, 6) is -0.281. The van der Waals surface area contributed by atoms with Gasteiger partial charge in [0, 0.05) is 18.3 Å². The van der Waals surface area contributed by atoms with Crippen molar-refractivity contribution in [1.82, 2.24) is 5.32 Å². The van der Waals surface area contributed by atoms with Crippen LogP contribution in [0.2, 0.25) is 0 Å². The smallest absolute Gasteiger partial charge is 0.337 e. The molecule has 1 heterocycles. The zero-order valence-electron chi connectivity index (χ0n) is 11.7. The van der Waals surface area contributed by atoms with Crippen LogP contribution in [0.25, 0.3) is 0 Å². The van der Waals surface area contributed by atoms with Gasteiger partial charge in [-0.1, -0.05) is 0 Å². The van der Waals surface area contributed by atoms with Crippen LogP contribution in [0.5, 0.6) is 0 Å². The molecule has 1 fully saturated rings. The van der Waals surface area contributed by atoms with Crippen molar-refractivity contribution in [2.24, 2.45) is 0 Å². The van der Waals surface area contributed by atoms with Crippen LogP contribution in [-0.2, 0) is 4.74 Å². The lowest BCUT2D eigenvalue weighted by Crippen LogP contribution is -2.43. The molecule has 2 rings (SSSR count). The molecule has 104 valence electrons. The number of hydrogen-bond donors (Lipinski definition) is 1. The number of anilines is 1. The van der Waals surface area contributed by atoms with E-state index in [1.807, 2.05) is 24.3 Å². The van der Waals surface area contributed by atoms with Gasteiger partial charge in [0.05, 0.1) is 12.7 Å². The van der Waals surface area contributed by atoms with Crippen LogP contribution in [0.3, 0.4) is 0 Å². The predicted molar refractivity (Wildman–Crippen MR) is 76.7 cm³/mol. The molecule has 0 aliphatic carbocycles. The van der Waals surface area contributed by atoms with Crippen LogP contribution in [0.1, 0.15) is 30.1 Å². The normalized spacial score (nSPS) is 16.1. The van der Waals surface area contributed by atoms with Gasteiger partial charge >= 0.3 is 5.97 Å². The maximum Gasteiger partial charge on any atom is 0.337 e. The maximum absolute atomic E-state index is 11.4. The van der Waals surface area contributed by atoms with Gasteiger partial charge in [-0.2, -0.15) is 0 Å². The molecule has 0 amide bonds. The Kier molecular flexibility index (Phi) is 4.80. The van der Waals surface area contributed by atoms with Gasteiger partial charge in [0.2, 0.25) is 0 Å². The lowest BCUT2D eigenvalue weighted by atomic mass is 10.0. The van der Waals surface area contributed by atoms with Crippen LogP contribution in [0, 0.1) is 0 Å². The Labute approximate surface area is 114 Å². The summed E-state index contributed by atoms with van der Waals surface area (Å²) in [6, 6.07) is 8.29. The number of hydrogen-bond acceptors (Lipinski definition) is 4. The quantitative estimate of drug-likeness (QED) is 0.843. The van der Waals surface area contributed by atoms with Crippen molar-refractivity contribution in [3.8, 4) is 0 Å². The number of nitrogens with zero attached hydrogens (tertiary/aromatic N) is 1. The Hall–Kier alpha value is -1.55. The molecule has 1 N–H and O–H groups in total. The van der Waals surface area contributed by atoms with E-state index < -0.39 is 0 Å². The summed E-state index contributed by atoms with van der Waals surface area (Å²) in [5, 5.41) is 3.39. The average molecular weight is 262 g/mol. The first kappa shape index (κ1) is 13.9. The number of carbonyl (C=O) groups is 1. The first-order valence-corrected chi connectivity index (χ1v) is 6.92. The highest BCUT2D eigenvalue weighted by atomic mass is 16.5. The third kappa shape index (κ3) is 3.26. The number of benzene rings is 1. The second kappa shape index (κ2) is 6.57. The van der Waals surface area contributed by atoms with Gasteiger partial charge in [-0.25, -0.2) is 4.79 Å². The molecule has 4 heteroatoms. The molecule has 19 heavy (non-hydrogen) atoms. The first-order valence-electron chi connectivity index (χ1n) is 6.92. The van der Waals surface area contributed by atoms with Crippen molar-refractivity contribution in [1.29, 1.82) is 0 Å². The van der Waals surface area contributed by atoms with Gasteiger partial charge in [-0.15, -0.1) is 0 Å². The molecule has 1 aliphatic heterocycles. The molecule has 0 bridgehead atoms. The van der Waals surface area contributed by atoms with Crippen molar-refractivity contribution in [2.75, 3.05) is 31.6 Å². The molecule has 0 radical (unpaired) electrons. The second-order valence-corrected chi connectivity index (χ2v) is 4.81. The minimum Gasteiger partial charge on any atom is -0.465 e. The molecule has 0 atom stereocenters. The van der Waals surface area contributed by atoms with Gasteiger partial charge in [-0.05, 0) is 57.1 Å². The van der Waals surface area contributed by atoms with E-state index >= 15 is 0 Å². The SMILES string of the molecule is CCN(c1ccc(C(=O)OC)cc1)C1CCNCC1.